The third-order valence-electron chi connectivity index (χ3n) is 2.18. The summed E-state index contributed by atoms with van der Waals surface area (Å²) in [6, 6.07) is 0. The number of rotatable bonds is 6. The van der Waals surface area contributed by atoms with E-state index in [1.165, 1.54) is 14.2 Å². The highest BCUT2D eigenvalue weighted by Gasteiger charge is 2.23. The highest BCUT2D eigenvalue weighted by atomic mass is 32.2. The van der Waals surface area contributed by atoms with Crippen molar-refractivity contribution >= 4 is 16.0 Å². The van der Waals surface area contributed by atoms with E-state index in [-0.39, 0.29) is 24.0 Å². The molecule has 0 saturated heterocycles. The normalized spacial score (nSPS) is 13.8. The summed E-state index contributed by atoms with van der Waals surface area (Å²) >= 11 is 0. The summed E-state index contributed by atoms with van der Waals surface area (Å²) in [4.78, 5) is 7.15. The topological polar surface area (TPSA) is 119 Å². The number of nitrogen functional groups attached to an aromatic ring is 1. The molecular weight excluding hydrogens is 260 g/mol. The fourth-order valence-electron chi connectivity index (χ4n) is 1.28. The SMILES string of the molecule is COCC(O)CN(C)S(=O)(=O)c1cnc(N)nc1. The number of nitrogens with two attached hydrogens (primary N) is 1. The quantitative estimate of drug-likeness (QED) is 0.662. The molecule has 0 bridgehead atoms. The Hall–Kier alpha value is -1.29. The number of likely N-dealkylation sites (N-methyl/N-ethyl adjacent to an activating group) is 1. The second kappa shape index (κ2) is 6.05. The van der Waals surface area contributed by atoms with Gasteiger partial charge in [0.05, 0.1) is 25.1 Å². The summed E-state index contributed by atoms with van der Waals surface area (Å²) in [6.07, 6.45) is 1.35. The zero-order valence-electron chi connectivity index (χ0n) is 10.1. The first-order valence-corrected chi connectivity index (χ1v) is 6.52. The van der Waals surface area contributed by atoms with Crippen molar-refractivity contribution in [3.8, 4) is 0 Å². The highest BCUT2D eigenvalue weighted by Crippen LogP contribution is 2.12. The Labute approximate surface area is 105 Å². The molecule has 1 atom stereocenters. The lowest BCUT2D eigenvalue weighted by atomic mass is 10.4. The number of hydrogen-bond acceptors (Lipinski definition) is 7. The lowest BCUT2D eigenvalue weighted by Gasteiger charge is -2.19. The van der Waals surface area contributed by atoms with Gasteiger partial charge in [-0.15, -0.1) is 0 Å². The van der Waals surface area contributed by atoms with E-state index in [1.54, 1.807) is 0 Å². The molecule has 102 valence electrons. The third-order valence-corrected chi connectivity index (χ3v) is 3.96. The van der Waals surface area contributed by atoms with Gasteiger partial charge in [0, 0.05) is 20.7 Å². The van der Waals surface area contributed by atoms with Crippen LogP contribution in [0.5, 0.6) is 0 Å². The maximum Gasteiger partial charge on any atom is 0.245 e. The molecule has 0 aliphatic heterocycles. The van der Waals surface area contributed by atoms with Crippen LogP contribution in [-0.4, -0.2) is 61.2 Å². The van der Waals surface area contributed by atoms with Gasteiger partial charge in [-0.3, -0.25) is 0 Å². The van der Waals surface area contributed by atoms with Gasteiger partial charge >= 0.3 is 0 Å². The predicted molar refractivity (Wildman–Crippen MR) is 64.1 cm³/mol. The van der Waals surface area contributed by atoms with Gasteiger partial charge < -0.3 is 15.6 Å². The monoisotopic (exact) mass is 276 g/mol. The van der Waals surface area contributed by atoms with Crippen LogP contribution in [-0.2, 0) is 14.8 Å². The molecule has 0 fully saturated rings. The molecule has 0 aliphatic rings. The Balaban J connectivity index is 2.83. The molecule has 0 aromatic carbocycles. The molecular formula is C9H16N4O4S. The van der Waals surface area contributed by atoms with Crippen LogP contribution in [0.25, 0.3) is 0 Å². The van der Waals surface area contributed by atoms with Crippen molar-refractivity contribution < 1.29 is 18.3 Å². The summed E-state index contributed by atoms with van der Waals surface area (Å²) in [7, 11) is -0.958. The smallest absolute Gasteiger partial charge is 0.245 e. The van der Waals surface area contributed by atoms with Crippen molar-refractivity contribution in [1.82, 2.24) is 14.3 Å². The van der Waals surface area contributed by atoms with Crippen LogP contribution in [0.2, 0.25) is 0 Å². The zero-order valence-corrected chi connectivity index (χ0v) is 11.0. The van der Waals surface area contributed by atoms with Gasteiger partial charge in [0.15, 0.2) is 0 Å². The van der Waals surface area contributed by atoms with E-state index in [9.17, 15) is 13.5 Å². The number of aliphatic hydroxyl groups is 1. The molecule has 1 unspecified atom stereocenters. The van der Waals surface area contributed by atoms with Crippen LogP contribution in [0.4, 0.5) is 5.95 Å². The van der Waals surface area contributed by atoms with Crippen LogP contribution in [0.1, 0.15) is 0 Å². The highest BCUT2D eigenvalue weighted by molar-refractivity contribution is 7.89. The van der Waals surface area contributed by atoms with E-state index in [4.69, 9.17) is 10.5 Å². The van der Waals surface area contributed by atoms with Gasteiger partial charge in [0.25, 0.3) is 0 Å². The minimum Gasteiger partial charge on any atom is -0.389 e. The molecule has 1 aromatic rings. The number of aromatic nitrogens is 2. The fraction of sp³-hybridized carbons (Fsp3) is 0.556. The molecule has 0 saturated carbocycles. The van der Waals surface area contributed by atoms with Crippen molar-refractivity contribution in [2.24, 2.45) is 0 Å². The first kappa shape index (κ1) is 14.8. The maximum absolute atomic E-state index is 12.0. The largest absolute Gasteiger partial charge is 0.389 e. The van der Waals surface area contributed by atoms with E-state index in [0.717, 1.165) is 16.7 Å². The molecule has 8 nitrogen and oxygen atoms in total. The first-order chi connectivity index (χ1) is 8.37. The van der Waals surface area contributed by atoms with Gasteiger partial charge in [-0.05, 0) is 0 Å². The van der Waals surface area contributed by atoms with E-state index in [0.29, 0.717) is 0 Å². The molecule has 9 heteroatoms. The molecule has 0 amide bonds. The van der Waals surface area contributed by atoms with Gasteiger partial charge in [0.2, 0.25) is 16.0 Å². The van der Waals surface area contributed by atoms with Crippen LogP contribution in [0.15, 0.2) is 17.3 Å². The predicted octanol–water partition coefficient (Wildman–Crippen LogP) is -1.31. The fourth-order valence-corrected chi connectivity index (χ4v) is 2.38. The van der Waals surface area contributed by atoms with Crippen molar-refractivity contribution in [1.29, 1.82) is 0 Å². The van der Waals surface area contributed by atoms with E-state index >= 15 is 0 Å². The van der Waals surface area contributed by atoms with Crippen molar-refractivity contribution in [2.45, 2.75) is 11.0 Å². The number of ether oxygens (including phenoxy) is 1. The molecule has 0 aliphatic carbocycles. The lowest BCUT2D eigenvalue weighted by molar-refractivity contribution is 0.0554. The Morgan fingerprint density at radius 1 is 1.50 bits per heavy atom. The van der Waals surface area contributed by atoms with E-state index in [1.807, 2.05) is 0 Å². The summed E-state index contributed by atoms with van der Waals surface area (Å²) in [5, 5.41) is 9.49. The van der Waals surface area contributed by atoms with Crippen LogP contribution < -0.4 is 5.73 Å². The average Bonchev–Trinajstić information content (AvgIpc) is 2.29. The minimum absolute atomic E-state index is 0.00368. The second-order valence-corrected chi connectivity index (χ2v) is 5.72. The average molecular weight is 276 g/mol. The Kier molecular flexibility index (Phi) is 4.96. The van der Waals surface area contributed by atoms with Gasteiger partial charge in [-0.2, -0.15) is 4.31 Å². The Morgan fingerprint density at radius 2 is 2.06 bits per heavy atom. The second-order valence-electron chi connectivity index (χ2n) is 3.67. The molecule has 0 spiro atoms. The van der Waals surface area contributed by atoms with Crippen molar-refractivity contribution in [3.63, 3.8) is 0 Å². The van der Waals surface area contributed by atoms with Crippen LogP contribution in [0.3, 0.4) is 0 Å². The van der Waals surface area contributed by atoms with E-state index in [2.05, 4.69) is 9.97 Å². The Morgan fingerprint density at radius 3 is 2.56 bits per heavy atom. The van der Waals surface area contributed by atoms with Crippen LogP contribution in [0, 0.1) is 0 Å². The molecule has 0 radical (unpaired) electrons. The van der Waals surface area contributed by atoms with Gasteiger partial charge in [-0.25, -0.2) is 18.4 Å². The Bertz CT molecular complexity index is 476. The molecule has 18 heavy (non-hydrogen) atoms. The molecule has 1 aromatic heterocycles. The summed E-state index contributed by atoms with van der Waals surface area (Å²) in [6.45, 7) is -0.0291. The first-order valence-electron chi connectivity index (χ1n) is 5.08. The number of sulfonamides is 1. The standard InChI is InChI=1S/C9H16N4O4S/c1-13(5-7(14)6-17-2)18(15,16)8-3-11-9(10)12-4-8/h3-4,7,14H,5-6H2,1-2H3,(H2,10,11,12). The zero-order chi connectivity index (χ0) is 13.8. The number of anilines is 1. The van der Waals surface area contributed by atoms with Crippen molar-refractivity contribution in [3.05, 3.63) is 12.4 Å². The molecule has 3 N–H and O–H groups in total. The van der Waals surface area contributed by atoms with Gasteiger partial charge in [-0.1, -0.05) is 0 Å². The number of methoxy groups -OCH3 is 1. The summed E-state index contributed by atoms with van der Waals surface area (Å²) in [5.41, 5.74) is 5.28. The minimum atomic E-state index is -3.73. The molecule has 1 rings (SSSR count). The number of hydrogen-bond donors (Lipinski definition) is 2. The maximum atomic E-state index is 12.0. The van der Waals surface area contributed by atoms with Gasteiger partial charge in [0.1, 0.15) is 4.90 Å². The number of aliphatic hydroxyl groups excluding tert-OH is 1. The number of nitrogens with zero attached hydrogens (tertiary/aromatic N) is 3. The summed E-state index contributed by atoms with van der Waals surface area (Å²) < 4.78 is 29.8. The van der Waals surface area contributed by atoms with E-state index < -0.39 is 16.1 Å². The molecule has 1 heterocycles. The summed E-state index contributed by atoms with van der Waals surface area (Å²) in [5.74, 6) is -0.00368. The van der Waals surface area contributed by atoms with Crippen molar-refractivity contribution in [2.75, 3.05) is 33.0 Å². The lowest BCUT2D eigenvalue weighted by Crippen LogP contribution is -2.36. The van der Waals surface area contributed by atoms with Crippen LogP contribution >= 0.6 is 0 Å². The third kappa shape index (κ3) is 3.60.